The summed E-state index contributed by atoms with van der Waals surface area (Å²) >= 11 is 0. The summed E-state index contributed by atoms with van der Waals surface area (Å²) in [7, 11) is 0. The topological polar surface area (TPSA) is 12.0 Å². The molecule has 1 N–H and O–H groups in total. The van der Waals surface area contributed by atoms with E-state index in [4.69, 9.17) is 0 Å². The van der Waals surface area contributed by atoms with Crippen molar-refractivity contribution in [1.29, 1.82) is 0 Å². The molecular formula is C12H25N. The molecule has 0 aliphatic heterocycles. The van der Waals surface area contributed by atoms with Gasteiger partial charge in [0.1, 0.15) is 0 Å². The predicted molar refractivity (Wildman–Crippen MR) is 58.9 cm³/mol. The Morgan fingerprint density at radius 1 is 1.31 bits per heavy atom. The lowest BCUT2D eigenvalue weighted by Crippen LogP contribution is -2.39. The Kier molecular flexibility index (Phi) is 4.79. The van der Waals surface area contributed by atoms with Crippen LogP contribution in [0.15, 0.2) is 0 Å². The summed E-state index contributed by atoms with van der Waals surface area (Å²) in [4.78, 5) is 0. The summed E-state index contributed by atoms with van der Waals surface area (Å²) in [5.74, 6) is 1.74. The molecule has 0 aromatic rings. The Bertz CT molecular complexity index is 133. The monoisotopic (exact) mass is 183 g/mol. The average molecular weight is 183 g/mol. The van der Waals surface area contributed by atoms with E-state index >= 15 is 0 Å². The van der Waals surface area contributed by atoms with Crippen molar-refractivity contribution in [2.24, 2.45) is 11.8 Å². The minimum atomic E-state index is 0.808. The first-order chi connectivity index (χ1) is 6.24. The van der Waals surface area contributed by atoms with Gasteiger partial charge in [-0.3, -0.25) is 0 Å². The molecule has 1 aliphatic rings. The van der Waals surface area contributed by atoms with Crippen LogP contribution < -0.4 is 5.32 Å². The standard InChI is InChI=1S/C12H25N/c1-4-10(2)9-13-12-8-6-5-7-11(12)3/h10-13H,4-9H2,1-3H3/t10-,11+,12+/m1/s1. The Morgan fingerprint density at radius 3 is 2.62 bits per heavy atom. The van der Waals surface area contributed by atoms with Crippen molar-refractivity contribution in [3.63, 3.8) is 0 Å². The van der Waals surface area contributed by atoms with Crippen molar-refractivity contribution in [1.82, 2.24) is 5.32 Å². The Morgan fingerprint density at radius 2 is 2.00 bits per heavy atom. The van der Waals surface area contributed by atoms with Crippen LogP contribution in [0.3, 0.4) is 0 Å². The van der Waals surface area contributed by atoms with Crippen LogP contribution in [0.25, 0.3) is 0 Å². The van der Waals surface area contributed by atoms with Crippen molar-refractivity contribution in [2.75, 3.05) is 6.54 Å². The van der Waals surface area contributed by atoms with E-state index in [1.165, 1.54) is 38.6 Å². The SMILES string of the molecule is CC[C@@H](C)CN[C@H]1CCCC[C@@H]1C. The second kappa shape index (κ2) is 5.64. The van der Waals surface area contributed by atoms with Gasteiger partial charge in [0, 0.05) is 6.04 Å². The van der Waals surface area contributed by atoms with Crippen LogP contribution in [0.2, 0.25) is 0 Å². The van der Waals surface area contributed by atoms with Crippen LogP contribution in [-0.2, 0) is 0 Å². The van der Waals surface area contributed by atoms with Crippen LogP contribution in [0.5, 0.6) is 0 Å². The van der Waals surface area contributed by atoms with Gasteiger partial charge in [-0.2, -0.15) is 0 Å². The highest BCUT2D eigenvalue weighted by Gasteiger charge is 2.20. The van der Waals surface area contributed by atoms with Gasteiger partial charge in [-0.05, 0) is 31.2 Å². The summed E-state index contributed by atoms with van der Waals surface area (Å²) in [5.41, 5.74) is 0. The fourth-order valence-electron chi connectivity index (χ4n) is 2.12. The summed E-state index contributed by atoms with van der Waals surface area (Å²) in [5, 5.41) is 3.72. The number of hydrogen-bond acceptors (Lipinski definition) is 1. The van der Waals surface area contributed by atoms with E-state index in [1.54, 1.807) is 0 Å². The molecule has 1 heteroatoms. The van der Waals surface area contributed by atoms with Gasteiger partial charge in [0.15, 0.2) is 0 Å². The number of hydrogen-bond donors (Lipinski definition) is 1. The van der Waals surface area contributed by atoms with Gasteiger partial charge >= 0.3 is 0 Å². The average Bonchev–Trinajstić information content (AvgIpc) is 2.16. The van der Waals surface area contributed by atoms with Gasteiger partial charge in [0.05, 0.1) is 0 Å². The molecule has 0 heterocycles. The second-order valence-electron chi connectivity index (χ2n) is 4.79. The van der Waals surface area contributed by atoms with Gasteiger partial charge in [0.25, 0.3) is 0 Å². The first-order valence-electron chi connectivity index (χ1n) is 5.97. The zero-order valence-corrected chi connectivity index (χ0v) is 9.47. The molecule has 0 aromatic carbocycles. The highest BCUT2D eigenvalue weighted by Crippen LogP contribution is 2.23. The maximum Gasteiger partial charge on any atom is 0.00928 e. The lowest BCUT2D eigenvalue weighted by molar-refractivity contribution is 0.269. The third-order valence-electron chi connectivity index (χ3n) is 3.54. The molecule has 0 saturated heterocycles. The smallest absolute Gasteiger partial charge is 0.00928 e. The predicted octanol–water partition coefficient (Wildman–Crippen LogP) is 3.20. The van der Waals surface area contributed by atoms with E-state index in [2.05, 4.69) is 26.1 Å². The van der Waals surface area contributed by atoms with Gasteiger partial charge in [0.2, 0.25) is 0 Å². The molecule has 0 aromatic heterocycles. The van der Waals surface area contributed by atoms with Crippen molar-refractivity contribution in [2.45, 2.75) is 58.9 Å². The van der Waals surface area contributed by atoms with Gasteiger partial charge in [-0.1, -0.05) is 40.0 Å². The van der Waals surface area contributed by atoms with Gasteiger partial charge in [-0.15, -0.1) is 0 Å². The largest absolute Gasteiger partial charge is 0.313 e. The first kappa shape index (κ1) is 11.0. The van der Waals surface area contributed by atoms with Crippen molar-refractivity contribution >= 4 is 0 Å². The number of rotatable bonds is 4. The van der Waals surface area contributed by atoms with E-state index in [1.807, 2.05) is 0 Å². The first-order valence-corrected chi connectivity index (χ1v) is 5.97. The van der Waals surface area contributed by atoms with Crippen molar-refractivity contribution in [3.05, 3.63) is 0 Å². The van der Waals surface area contributed by atoms with E-state index < -0.39 is 0 Å². The minimum Gasteiger partial charge on any atom is -0.313 e. The molecule has 1 aliphatic carbocycles. The van der Waals surface area contributed by atoms with Crippen LogP contribution in [0.1, 0.15) is 52.9 Å². The van der Waals surface area contributed by atoms with Gasteiger partial charge in [-0.25, -0.2) is 0 Å². The third-order valence-corrected chi connectivity index (χ3v) is 3.54. The third kappa shape index (κ3) is 3.68. The zero-order chi connectivity index (χ0) is 9.68. The molecule has 13 heavy (non-hydrogen) atoms. The normalized spacial score (nSPS) is 31.6. The highest BCUT2D eigenvalue weighted by atomic mass is 14.9. The zero-order valence-electron chi connectivity index (χ0n) is 9.47. The van der Waals surface area contributed by atoms with Crippen molar-refractivity contribution < 1.29 is 0 Å². The minimum absolute atomic E-state index is 0.808. The molecule has 0 radical (unpaired) electrons. The van der Waals surface area contributed by atoms with Crippen LogP contribution in [-0.4, -0.2) is 12.6 Å². The summed E-state index contributed by atoms with van der Waals surface area (Å²) in [6.45, 7) is 8.22. The maximum atomic E-state index is 3.72. The molecule has 0 spiro atoms. The molecule has 1 nitrogen and oxygen atoms in total. The number of nitrogens with one attached hydrogen (secondary N) is 1. The maximum absolute atomic E-state index is 3.72. The quantitative estimate of drug-likeness (QED) is 0.706. The molecule has 78 valence electrons. The lowest BCUT2D eigenvalue weighted by Gasteiger charge is -2.30. The highest BCUT2D eigenvalue weighted by molar-refractivity contribution is 4.78. The molecule has 0 bridgehead atoms. The summed E-state index contributed by atoms with van der Waals surface area (Å²) in [6.07, 6.45) is 7.01. The fourth-order valence-corrected chi connectivity index (χ4v) is 2.12. The van der Waals surface area contributed by atoms with E-state index in [9.17, 15) is 0 Å². The van der Waals surface area contributed by atoms with Crippen LogP contribution in [0.4, 0.5) is 0 Å². The molecule has 3 atom stereocenters. The summed E-state index contributed by atoms with van der Waals surface area (Å²) < 4.78 is 0. The molecule has 0 amide bonds. The molecular weight excluding hydrogens is 158 g/mol. The van der Waals surface area contributed by atoms with Crippen molar-refractivity contribution in [3.8, 4) is 0 Å². The van der Waals surface area contributed by atoms with Crippen LogP contribution in [0, 0.1) is 11.8 Å². The fraction of sp³-hybridized carbons (Fsp3) is 1.00. The Hall–Kier alpha value is -0.0400. The lowest BCUT2D eigenvalue weighted by atomic mass is 9.85. The molecule has 1 fully saturated rings. The second-order valence-corrected chi connectivity index (χ2v) is 4.79. The van der Waals surface area contributed by atoms with E-state index in [0.717, 1.165) is 17.9 Å². The Labute approximate surface area is 83.3 Å². The van der Waals surface area contributed by atoms with Crippen LogP contribution >= 0.6 is 0 Å². The Balaban J connectivity index is 2.18. The van der Waals surface area contributed by atoms with E-state index in [-0.39, 0.29) is 0 Å². The van der Waals surface area contributed by atoms with Gasteiger partial charge < -0.3 is 5.32 Å². The summed E-state index contributed by atoms with van der Waals surface area (Å²) in [6, 6.07) is 0.808. The van der Waals surface area contributed by atoms with E-state index in [0.29, 0.717) is 0 Å². The molecule has 1 saturated carbocycles. The molecule has 0 unspecified atom stereocenters. The molecule has 1 rings (SSSR count).